The van der Waals surface area contributed by atoms with Crippen LogP contribution in [0.4, 0.5) is 0 Å². The van der Waals surface area contributed by atoms with Crippen LogP contribution in [0.1, 0.15) is 39.5 Å². The summed E-state index contributed by atoms with van der Waals surface area (Å²) in [5.41, 5.74) is 0. The summed E-state index contributed by atoms with van der Waals surface area (Å²) in [6, 6.07) is 0. The molecule has 0 aliphatic carbocycles. The molecule has 0 saturated carbocycles. The molecule has 0 unspecified atom stereocenters. The Labute approximate surface area is 104 Å². The van der Waals surface area contributed by atoms with Gasteiger partial charge >= 0.3 is 5.97 Å². The number of hydrogen-bond acceptors (Lipinski definition) is 3. The lowest BCUT2D eigenvalue weighted by atomic mass is 10.3. The molecule has 4 heteroatoms. The maximum absolute atomic E-state index is 11.5. The highest BCUT2D eigenvalue weighted by atomic mass is 16.5. The van der Waals surface area contributed by atoms with Gasteiger partial charge in [0, 0.05) is 13.1 Å². The van der Waals surface area contributed by atoms with Crippen LogP contribution < -0.4 is 0 Å². The summed E-state index contributed by atoms with van der Waals surface area (Å²) < 4.78 is 4.96. The smallest absolute Gasteiger partial charge is 0.307 e. The Morgan fingerprint density at radius 1 is 1.24 bits per heavy atom. The molecule has 0 spiro atoms. The quantitative estimate of drug-likeness (QED) is 0.459. The number of carbonyl (C=O) groups excluding carboxylic acids is 2. The van der Waals surface area contributed by atoms with Crippen LogP contribution in [0, 0.1) is 0 Å². The second-order valence-corrected chi connectivity index (χ2v) is 3.85. The number of amides is 1. The van der Waals surface area contributed by atoms with E-state index in [9.17, 15) is 9.59 Å². The molecule has 0 aromatic carbocycles. The molecule has 0 aliphatic heterocycles. The zero-order valence-corrected chi connectivity index (χ0v) is 10.9. The molecule has 4 nitrogen and oxygen atoms in total. The summed E-state index contributed by atoms with van der Waals surface area (Å²) in [4.78, 5) is 24.4. The Hall–Kier alpha value is -1.32. The molecule has 0 rings (SSSR count). The molecular weight excluding hydrogens is 218 g/mol. The minimum absolute atomic E-state index is 0.123. The Kier molecular flexibility index (Phi) is 9.11. The second kappa shape index (κ2) is 9.87. The summed E-state index contributed by atoms with van der Waals surface area (Å²) in [7, 11) is 0. The molecule has 0 radical (unpaired) electrons. The van der Waals surface area contributed by atoms with Crippen molar-refractivity contribution in [2.24, 2.45) is 0 Å². The highest BCUT2D eigenvalue weighted by Gasteiger charge is 2.12. The predicted molar refractivity (Wildman–Crippen MR) is 67.6 cm³/mol. The summed E-state index contributed by atoms with van der Waals surface area (Å²) in [6.07, 6.45) is 4.30. The van der Waals surface area contributed by atoms with E-state index in [0.717, 1.165) is 19.3 Å². The molecule has 0 saturated heterocycles. The van der Waals surface area contributed by atoms with Crippen molar-refractivity contribution in [3.63, 3.8) is 0 Å². The fourth-order valence-corrected chi connectivity index (χ4v) is 1.32. The van der Waals surface area contributed by atoms with Gasteiger partial charge in [0.25, 0.3) is 0 Å². The lowest BCUT2D eigenvalue weighted by Crippen LogP contribution is -2.32. The van der Waals surface area contributed by atoms with E-state index in [4.69, 9.17) is 4.74 Å². The van der Waals surface area contributed by atoms with Crippen LogP contribution in [0.2, 0.25) is 0 Å². The summed E-state index contributed by atoms with van der Waals surface area (Å²) in [6.45, 7) is 8.99. The lowest BCUT2D eigenvalue weighted by Gasteiger charge is -2.20. The van der Waals surface area contributed by atoms with E-state index < -0.39 is 0 Å². The minimum Gasteiger partial charge on any atom is -0.466 e. The van der Waals surface area contributed by atoms with Gasteiger partial charge in [-0.05, 0) is 18.9 Å². The second-order valence-electron chi connectivity index (χ2n) is 3.85. The Morgan fingerprint density at radius 3 is 2.47 bits per heavy atom. The van der Waals surface area contributed by atoms with Gasteiger partial charge in [-0.1, -0.05) is 26.8 Å². The van der Waals surface area contributed by atoms with Crippen molar-refractivity contribution < 1.29 is 14.3 Å². The van der Waals surface area contributed by atoms with E-state index in [1.54, 1.807) is 4.90 Å². The monoisotopic (exact) mass is 241 g/mol. The van der Waals surface area contributed by atoms with Crippen LogP contribution >= 0.6 is 0 Å². The molecule has 98 valence electrons. The van der Waals surface area contributed by atoms with Gasteiger partial charge in [-0.2, -0.15) is 0 Å². The Balaban J connectivity index is 4.01. The van der Waals surface area contributed by atoms with Gasteiger partial charge in [-0.25, -0.2) is 0 Å². The largest absolute Gasteiger partial charge is 0.466 e. The molecule has 0 atom stereocenters. The number of ether oxygens (including phenoxy) is 1. The van der Waals surface area contributed by atoms with E-state index in [1.165, 1.54) is 6.08 Å². The first-order chi connectivity index (χ1) is 8.15. The maximum Gasteiger partial charge on any atom is 0.307 e. The van der Waals surface area contributed by atoms with Crippen LogP contribution in [0.3, 0.4) is 0 Å². The predicted octanol–water partition coefficient (Wildman–Crippen LogP) is 2.14. The molecule has 0 aromatic heterocycles. The normalized spacial score (nSPS) is 9.76. The van der Waals surface area contributed by atoms with E-state index >= 15 is 0 Å². The van der Waals surface area contributed by atoms with Crippen LogP contribution in [0.25, 0.3) is 0 Å². The summed E-state index contributed by atoms with van der Waals surface area (Å²) in [5.74, 6) is -0.369. The van der Waals surface area contributed by atoms with E-state index in [1.807, 2.05) is 6.92 Å². The average Bonchev–Trinajstić information content (AvgIpc) is 2.35. The zero-order valence-electron chi connectivity index (χ0n) is 10.9. The summed E-state index contributed by atoms with van der Waals surface area (Å²) in [5, 5.41) is 0. The standard InChI is InChI=1S/C13H23NO3/c1-4-7-9-14(12(15)6-3)10-8-13(16)17-11-5-2/h6H,3-5,7-11H2,1-2H3. The fourth-order valence-electron chi connectivity index (χ4n) is 1.32. The van der Waals surface area contributed by atoms with Gasteiger partial charge in [0.2, 0.25) is 5.91 Å². The number of carbonyl (C=O) groups is 2. The molecule has 0 fully saturated rings. The first-order valence-electron chi connectivity index (χ1n) is 6.22. The molecular formula is C13H23NO3. The first kappa shape index (κ1) is 15.7. The van der Waals surface area contributed by atoms with Gasteiger partial charge in [0.05, 0.1) is 13.0 Å². The minimum atomic E-state index is -0.245. The van der Waals surface area contributed by atoms with E-state index in [2.05, 4.69) is 13.5 Å². The maximum atomic E-state index is 11.5. The van der Waals surface area contributed by atoms with Crippen LogP contribution in [0.15, 0.2) is 12.7 Å². The fraction of sp³-hybridized carbons (Fsp3) is 0.692. The van der Waals surface area contributed by atoms with Crippen LogP contribution in [-0.2, 0) is 14.3 Å². The van der Waals surface area contributed by atoms with Gasteiger partial charge in [0.15, 0.2) is 0 Å². The topological polar surface area (TPSA) is 46.6 Å². The SMILES string of the molecule is C=CC(=O)N(CCCC)CCC(=O)OCCC. The third-order valence-electron chi connectivity index (χ3n) is 2.32. The van der Waals surface area contributed by atoms with Crippen molar-refractivity contribution in [3.8, 4) is 0 Å². The van der Waals surface area contributed by atoms with E-state index in [0.29, 0.717) is 19.7 Å². The highest BCUT2D eigenvalue weighted by molar-refractivity contribution is 5.87. The third-order valence-corrected chi connectivity index (χ3v) is 2.32. The Bertz CT molecular complexity index is 251. The van der Waals surface area contributed by atoms with Gasteiger partial charge in [-0.15, -0.1) is 0 Å². The summed E-state index contributed by atoms with van der Waals surface area (Å²) >= 11 is 0. The molecule has 1 amide bonds. The van der Waals surface area contributed by atoms with Crippen LogP contribution in [0.5, 0.6) is 0 Å². The molecule has 0 bridgehead atoms. The Morgan fingerprint density at radius 2 is 1.94 bits per heavy atom. The lowest BCUT2D eigenvalue weighted by molar-refractivity contribution is -0.144. The molecule has 0 aromatic rings. The van der Waals surface area contributed by atoms with Crippen LogP contribution in [-0.4, -0.2) is 36.5 Å². The number of unbranched alkanes of at least 4 members (excludes halogenated alkanes) is 1. The van der Waals surface area contributed by atoms with Gasteiger partial charge in [0.1, 0.15) is 0 Å². The highest BCUT2D eigenvalue weighted by Crippen LogP contribution is 2.00. The van der Waals surface area contributed by atoms with E-state index in [-0.39, 0.29) is 18.3 Å². The molecule has 0 heterocycles. The van der Waals surface area contributed by atoms with Gasteiger partial charge < -0.3 is 9.64 Å². The average molecular weight is 241 g/mol. The van der Waals surface area contributed by atoms with Crippen molar-refractivity contribution >= 4 is 11.9 Å². The van der Waals surface area contributed by atoms with Crippen molar-refractivity contribution in [1.29, 1.82) is 0 Å². The zero-order chi connectivity index (χ0) is 13.1. The van der Waals surface area contributed by atoms with Crippen molar-refractivity contribution in [2.45, 2.75) is 39.5 Å². The number of nitrogens with zero attached hydrogens (tertiary/aromatic N) is 1. The third kappa shape index (κ3) is 7.55. The number of esters is 1. The number of rotatable bonds is 9. The van der Waals surface area contributed by atoms with Crippen molar-refractivity contribution in [3.05, 3.63) is 12.7 Å². The molecule has 17 heavy (non-hydrogen) atoms. The molecule has 0 N–H and O–H groups in total. The number of hydrogen-bond donors (Lipinski definition) is 0. The van der Waals surface area contributed by atoms with Gasteiger partial charge in [-0.3, -0.25) is 9.59 Å². The van der Waals surface area contributed by atoms with Crippen molar-refractivity contribution in [1.82, 2.24) is 4.90 Å². The first-order valence-corrected chi connectivity index (χ1v) is 6.22. The molecule has 0 aliphatic rings. The van der Waals surface area contributed by atoms with Crippen molar-refractivity contribution in [2.75, 3.05) is 19.7 Å².